The smallest absolute Gasteiger partial charge is 0.267 e. The lowest BCUT2D eigenvalue weighted by Gasteiger charge is -1.98. The molecule has 0 aliphatic heterocycles. The van der Waals surface area contributed by atoms with Gasteiger partial charge in [-0.3, -0.25) is 14.7 Å². The normalized spacial score (nSPS) is 11.8. The number of hydrogen-bond acceptors (Lipinski definition) is 3. The Balaban J connectivity index is 1.91. The molecule has 2 aromatic rings. The van der Waals surface area contributed by atoms with Crippen LogP contribution in [-0.2, 0) is 11.2 Å². The molecule has 2 rings (SSSR count). The standard InChI is InChI=1S/C16H18N4O2/c1-11(8-13-6-4-3-5-7-13)10-17-19-15(21)9-14-12(2)18-20-16(14)22/h3-8,10H,9H2,1-2H3,(H,19,21)(H2,18,20,22)/b11-8+,17-10-. The molecule has 0 radical (unpaired) electrons. The average Bonchev–Trinajstić information content (AvgIpc) is 2.80. The van der Waals surface area contributed by atoms with E-state index in [-0.39, 0.29) is 17.9 Å². The molecule has 0 saturated carbocycles. The van der Waals surface area contributed by atoms with E-state index in [0.717, 1.165) is 11.1 Å². The third kappa shape index (κ3) is 4.31. The molecule has 0 atom stereocenters. The van der Waals surface area contributed by atoms with Crippen LogP contribution in [0.1, 0.15) is 23.7 Å². The van der Waals surface area contributed by atoms with Crippen LogP contribution in [0, 0.1) is 6.92 Å². The number of allylic oxidation sites excluding steroid dienone is 1. The lowest BCUT2D eigenvalue weighted by atomic mass is 10.1. The van der Waals surface area contributed by atoms with Gasteiger partial charge in [0.05, 0.1) is 12.6 Å². The number of H-pyrrole nitrogens is 2. The molecule has 0 unspecified atom stereocenters. The molecule has 6 heteroatoms. The molecular formula is C16H18N4O2. The highest BCUT2D eigenvalue weighted by atomic mass is 16.2. The molecule has 0 aliphatic rings. The molecule has 1 amide bonds. The lowest BCUT2D eigenvalue weighted by Crippen LogP contribution is -2.23. The highest BCUT2D eigenvalue weighted by Crippen LogP contribution is 2.04. The van der Waals surface area contributed by atoms with Gasteiger partial charge in [-0.1, -0.05) is 36.4 Å². The zero-order valence-electron chi connectivity index (χ0n) is 12.5. The van der Waals surface area contributed by atoms with Gasteiger partial charge in [-0.25, -0.2) is 5.43 Å². The second kappa shape index (κ2) is 7.21. The first kappa shape index (κ1) is 15.5. The van der Waals surface area contributed by atoms with Gasteiger partial charge in [0.25, 0.3) is 5.56 Å². The Labute approximate surface area is 127 Å². The molecule has 3 N–H and O–H groups in total. The maximum absolute atomic E-state index is 11.7. The Bertz CT molecular complexity index is 754. The number of rotatable bonds is 5. The minimum absolute atomic E-state index is 0.0105. The molecule has 22 heavy (non-hydrogen) atoms. The van der Waals surface area contributed by atoms with Gasteiger partial charge in [0, 0.05) is 11.3 Å². The van der Waals surface area contributed by atoms with Crippen molar-refractivity contribution in [3.05, 3.63) is 63.1 Å². The van der Waals surface area contributed by atoms with E-state index in [1.54, 1.807) is 13.1 Å². The van der Waals surface area contributed by atoms with E-state index in [1.807, 2.05) is 43.3 Å². The summed E-state index contributed by atoms with van der Waals surface area (Å²) in [6.07, 6.45) is 3.51. The van der Waals surface area contributed by atoms with Gasteiger partial charge < -0.3 is 5.10 Å². The summed E-state index contributed by atoms with van der Waals surface area (Å²) in [7, 11) is 0. The Hall–Kier alpha value is -2.89. The van der Waals surface area contributed by atoms with Crippen molar-refractivity contribution < 1.29 is 4.79 Å². The summed E-state index contributed by atoms with van der Waals surface area (Å²) in [6, 6.07) is 9.82. The first-order chi connectivity index (χ1) is 10.6. The van der Waals surface area contributed by atoms with Gasteiger partial charge in [-0.05, 0) is 25.0 Å². The Morgan fingerprint density at radius 3 is 2.64 bits per heavy atom. The predicted molar refractivity (Wildman–Crippen MR) is 86.6 cm³/mol. The number of carbonyl (C=O) groups is 1. The van der Waals surface area contributed by atoms with Crippen LogP contribution in [0.5, 0.6) is 0 Å². The predicted octanol–water partition coefficient (Wildman–Crippen LogP) is 1.76. The van der Waals surface area contributed by atoms with E-state index in [0.29, 0.717) is 11.3 Å². The third-order valence-electron chi connectivity index (χ3n) is 3.08. The summed E-state index contributed by atoms with van der Waals surface area (Å²) in [5.74, 6) is -0.336. The average molecular weight is 298 g/mol. The van der Waals surface area contributed by atoms with E-state index in [9.17, 15) is 9.59 Å². The minimum atomic E-state index is -0.336. The highest BCUT2D eigenvalue weighted by molar-refractivity contribution is 5.86. The van der Waals surface area contributed by atoms with Crippen molar-refractivity contribution in [3.8, 4) is 0 Å². The monoisotopic (exact) mass is 298 g/mol. The van der Waals surface area contributed by atoms with Crippen molar-refractivity contribution in [1.29, 1.82) is 0 Å². The molecule has 1 aromatic carbocycles. The molecule has 0 spiro atoms. The second-order valence-corrected chi connectivity index (χ2v) is 4.95. The fourth-order valence-corrected chi connectivity index (χ4v) is 1.94. The maximum atomic E-state index is 11.7. The van der Waals surface area contributed by atoms with Crippen LogP contribution >= 0.6 is 0 Å². The van der Waals surface area contributed by atoms with Crippen LogP contribution < -0.4 is 11.0 Å². The zero-order chi connectivity index (χ0) is 15.9. The van der Waals surface area contributed by atoms with Crippen molar-refractivity contribution >= 4 is 18.2 Å². The maximum Gasteiger partial charge on any atom is 0.267 e. The highest BCUT2D eigenvalue weighted by Gasteiger charge is 2.10. The molecule has 6 nitrogen and oxygen atoms in total. The first-order valence-electron chi connectivity index (χ1n) is 6.87. The molecule has 0 fully saturated rings. The topological polar surface area (TPSA) is 90.1 Å². The largest absolute Gasteiger partial charge is 0.302 e. The fourth-order valence-electron chi connectivity index (χ4n) is 1.94. The van der Waals surface area contributed by atoms with Crippen molar-refractivity contribution in [1.82, 2.24) is 15.6 Å². The van der Waals surface area contributed by atoms with E-state index < -0.39 is 0 Å². The van der Waals surface area contributed by atoms with Gasteiger partial charge in [-0.15, -0.1) is 0 Å². The summed E-state index contributed by atoms with van der Waals surface area (Å²) in [5, 5.41) is 9.01. The number of nitrogens with one attached hydrogen (secondary N) is 3. The fraction of sp³-hybridized carbons (Fsp3) is 0.188. The number of hydrogen-bond donors (Lipinski definition) is 3. The number of nitrogens with zero attached hydrogens (tertiary/aromatic N) is 1. The first-order valence-corrected chi connectivity index (χ1v) is 6.87. The minimum Gasteiger partial charge on any atom is -0.302 e. The van der Waals surface area contributed by atoms with E-state index in [4.69, 9.17) is 0 Å². The molecule has 1 heterocycles. The number of aromatic nitrogens is 2. The summed E-state index contributed by atoms with van der Waals surface area (Å²) in [4.78, 5) is 23.2. The van der Waals surface area contributed by atoms with E-state index in [2.05, 4.69) is 20.7 Å². The third-order valence-corrected chi connectivity index (χ3v) is 3.08. The molecule has 114 valence electrons. The molecule has 1 aromatic heterocycles. The van der Waals surface area contributed by atoms with E-state index in [1.165, 1.54) is 0 Å². The number of amides is 1. The van der Waals surface area contributed by atoms with Gasteiger partial charge in [0.2, 0.25) is 5.91 Å². The zero-order valence-corrected chi connectivity index (χ0v) is 12.5. The second-order valence-electron chi connectivity index (χ2n) is 4.95. The summed E-state index contributed by atoms with van der Waals surface area (Å²) >= 11 is 0. The van der Waals surface area contributed by atoms with Crippen molar-refractivity contribution in [3.63, 3.8) is 0 Å². The van der Waals surface area contributed by atoms with Gasteiger partial charge >= 0.3 is 0 Å². The summed E-state index contributed by atoms with van der Waals surface area (Å²) < 4.78 is 0. The van der Waals surface area contributed by atoms with Crippen LogP contribution in [0.4, 0.5) is 0 Å². The van der Waals surface area contributed by atoms with Crippen LogP contribution in [0.15, 0.2) is 45.8 Å². The Kier molecular flexibility index (Phi) is 5.08. The number of aromatic amines is 2. The van der Waals surface area contributed by atoms with Gasteiger partial charge in [-0.2, -0.15) is 5.10 Å². The number of benzene rings is 1. The SMILES string of the molecule is CC(/C=N\NC(=O)Cc1c(C)[nH][nH]c1=O)=C\c1ccccc1. The number of aryl methyl sites for hydroxylation is 1. The molecule has 0 saturated heterocycles. The number of hydrazone groups is 1. The van der Waals surface area contributed by atoms with Crippen molar-refractivity contribution in [2.45, 2.75) is 20.3 Å². The molecule has 0 bridgehead atoms. The lowest BCUT2D eigenvalue weighted by molar-refractivity contribution is -0.120. The van der Waals surface area contributed by atoms with Crippen LogP contribution in [-0.4, -0.2) is 22.3 Å². The Morgan fingerprint density at radius 1 is 1.27 bits per heavy atom. The summed E-state index contributed by atoms with van der Waals surface area (Å²) in [6.45, 7) is 3.63. The quantitative estimate of drug-likeness (QED) is 0.580. The Morgan fingerprint density at radius 2 is 2.00 bits per heavy atom. The number of carbonyl (C=O) groups excluding carboxylic acids is 1. The van der Waals surface area contributed by atoms with Crippen LogP contribution in [0.2, 0.25) is 0 Å². The van der Waals surface area contributed by atoms with Crippen molar-refractivity contribution in [2.24, 2.45) is 5.10 Å². The van der Waals surface area contributed by atoms with Crippen molar-refractivity contribution in [2.75, 3.05) is 0 Å². The van der Waals surface area contributed by atoms with Gasteiger partial charge in [0.15, 0.2) is 0 Å². The van der Waals surface area contributed by atoms with Crippen LogP contribution in [0.25, 0.3) is 6.08 Å². The molecule has 0 aliphatic carbocycles. The van der Waals surface area contributed by atoms with E-state index >= 15 is 0 Å². The molecular weight excluding hydrogens is 280 g/mol. The van der Waals surface area contributed by atoms with Gasteiger partial charge in [0.1, 0.15) is 0 Å². The summed E-state index contributed by atoms with van der Waals surface area (Å²) in [5.41, 5.74) is 5.18. The van der Waals surface area contributed by atoms with Crippen LogP contribution in [0.3, 0.4) is 0 Å².